The van der Waals surface area contributed by atoms with Crippen molar-refractivity contribution < 1.29 is 13.5 Å². The maximum Gasteiger partial charge on any atom is 0.260 e. The summed E-state index contributed by atoms with van der Waals surface area (Å²) in [5, 5.41) is 0. The van der Waals surface area contributed by atoms with E-state index in [1.54, 1.807) is 18.2 Å². The minimum Gasteiger partial charge on any atom is -0.488 e. The smallest absolute Gasteiger partial charge is 0.260 e. The van der Waals surface area contributed by atoms with E-state index < -0.39 is 12.0 Å². The van der Waals surface area contributed by atoms with Crippen LogP contribution in [0.3, 0.4) is 0 Å². The molecule has 0 saturated heterocycles. The standard InChI is InChI=1S/C14H19F2NO/c1-13(2)7-6-9-8-10(4-5-11(9)18-13)14(3,17)12(15)16/h4-5,8,12H,6-7,17H2,1-3H3. The van der Waals surface area contributed by atoms with E-state index >= 15 is 0 Å². The molecule has 18 heavy (non-hydrogen) atoms. The third-order valence-electron chi connectivity index (χ3n) is 3.52. The first kappa shape index (κ1) is 13.3. The molecule has 0 spiro atoms. The normalized spacial score (nSPS) is 21.1. The van der Waals surface area contributed by atoms with Gasteiger partial charge in [0, 0.05) is 0 Å². The van der Waals surface area contributed by atoms with Crippen LogP contribution in [0, 0.1) is 0 Å². The van der Waals surface area contributed by atoms with E-state index in [0.29, 0.717) is 5.56 Å². The van der Waals surface area contributed by atoms with Crippen molar-refractivity contribution >= 4 is 0 Å². The highest BCUT2D eigenvalue weighted by Gasteiger charge is 2.34. The van der Waals surface area contributed by atoms with Gasteiger partial charge in [-0.25, -0.2) is 8.78 Å². The lowest BCUT2D eigenvalue weighted by Gasteiger charge is -2.34. The highest BCUT2D eigenvalue weighted by atomic mass is 19.3. The number of hydrogen-bond donors (Lipinski definition) is 1. The van der Waals surface area contributed by atoms with Gasteiger partial charge in [-0.1, -0.05) is 12.1 Å². The third-order valence-corrected chi connectivity index (χ3v) is 3.52. The lowest BCUT2D eigenvalue weighted by molar-refractivity contribution is 0.0616. The van der Waals surface area contributed by atoms with Gasteiger partial charge >= 0.3 is 0 Å². The molecule has 1 aromatic rings. The van der Waals surface area contributed by atoms with Crippen molar-refractivity contribution in [3.05, 3.63) is 29.3 Å². The summed E-state index contributed by atoms with van der Waals surface area (Å²) in [5.41, 5.74) is 5.30. The second kappa shape index (κ2) is 4.19. The maximum absolute atomic E-state index is 12.9. The van der Waals surface area contributed by atoms with Gasteiger partial charge in [0.2, 0.25) is 0 Å². The van der Waals surface area contributed by atoms with Gasteiger partial charge in [0.05, 0.1) is 5.54 Å². The summed E-state index contributed by atoms with van der Waals surface area (Å²) in [5.74, 6) is 0.778. The average molecular weight is 255 g/mol. The molecule has 1 aromatic carbocycles. The molecule has 0 fully saturated rings. The molecule has 0 saturated carbocycles. The van der Waals surface area contributed by atoms with Gasteiger partial charge in [0.1, 0.15) is 11.4 Å². The first-order chi connectivity index (χ1) is 8.22. The van der Waals surface area contributed by atoms with E-state index in [2.05, 4.69) is 0 Å². The van der Waals surface area contributed by atoms with Crippen LogP contribution >= 0.6 is 0 Å². The molecule has 4 heteroatoms. The van der Waals surface area contributed by atoms with Gasteiger partial charge in [-0.05, 0) is 50.8 Å². The van der Waals surface area contributed by atoms with Gasteiger partial charge in [-0.3, -0.25) is 0 Å². The Morgan fingerprint density at radius 3 is 2.67 bits per heavy atom. The Labute approximate surface area is 106 Å². The summed E-state index contributed by atoms with van der Waals surface area (Å²) < 4.78 is 31.6. The monoisotopic (exact) mass is 255 g/mol. The quantitative estimate of drug-likeness (QED) is 0.880. The largest absolute Gasteiger partial charge is 0.488 e. The zero-order valence-electron chi connectivity index (χ0n) is 11.0. The molecule has 0 aliphatic carbocycles. The summed E-state index contributed by atoms with van der Waals surface area (Å²) in [4.78, 5) is 0. The van der Waals surface area contributed by atoms with Crippen molar-refractivity contribution in [3.63, 3.8) is 0 Å². The molecule has 1 aliphatic rings. The van der Waals surface area contributed by atoms with Gasteiger partial charge in [0.15, 0.2) is 0 Å². The van der Waals surface area contributed by atoms with Crippen molar-refractivity contribution in [2.45, 2.75) is 51.2 Å². The van der Waals surface area contributed by atoms with Crippen molar-refractivity contribution in [2.75, 3.05) is 0 Å². The van der Waals surface area contributed by atoms with Crippen LogP contribution in [0.5, 0.6) is 5.75 Å². The Kier molecular flexibility index (Phi) is 3.09. The molecule has 0 amide bonds. The highest BCUT2D eigenvalue weighted by Crippen LogP contribution is 2.36. The number of rotatable bonds is 2. The summed E-state index contributed by atoms with van der Waals surface area (Å²) in [6, 6.07) is 5.13. The van der Waals surface area contributed by atoms with Crippen LogP contribution < -0.4 is 10.5 Å². The van der Waals surface area contributed by atoms with E-state index in [-0.39, 0.29) is 5.60 Å². The number of fused-ring (bicyclic) bond motifs is 1. The Morgan fingerprint density at radius 2 is 2.06 bits per heavy atom. The maximum atomic E-state index is 12.9. The Morgan fingerprint density at radius 1 is 1.39 bits per heavy atom. The van der Waals surface area contributed by atoms with Crippen LogP contribution in [0.25, 0.3) is 0 Å². The SMILES string of the molecule is CC1(C)CCc2cc(C(C)(N)C(F)F)ccc2O1. The lowest BCUT2D eigenvalue weighted by Crippen LogP contribution is -2.41. The summed E-state index contributed by atoms with van der Waals surface area (Å²) in [7, 11) is 0. The van der Waals surface area contributed by atoms with Gasteiger partial charge in [-0.2, -0.15) is 0 Å². The topological polar surface area (TPSA) is 35.2 Å². The molecule has 2 N–H and O–H groups in total. The number of nitrogens with two attached hydrogens (primary N) is 1. The summed E-state index contributed by atoms with van der Waals surface area (Å²) >= 11 is 0. The van der Waals surface area contributed by atoms with Crippen LogP contribution in [-0.4, -0.2) is 12.0 Å². The fourth-order valence-electron chi connectivity index (χ4n) is 2.12. The minimum atomic E-state index is -2.59. The molecule has 2 rings (SSSR count). The van der Waals surface area contributed by atoms with Crippen molar-refractivity contribution in [2.24, 2.45) is 5.73 Å². The molecular weight excluding hydrogens is 236 g/mol. The van der Waals surface area contributed by atoms with Crippen molar-refractivity contribution in [1.29, 1.82) is 0 Å². The molecule has 1 unspecified atom stereocenters. The predicted octanol–water partition coefficient (Wildman–Crippen LogP) is 3.23. The Hall–Kier alpha value is -1.16. The van der Waals surface area contributed by atoms with Crippen LogP contribution in [0.2, 0.25) is 0 Å². The van der Waals surface area contributed by atoms with E-state index in [1.807, 2.05) is 13.8 Å². The first-order valence-electron chi connectivity index (χ1n) is 6.12. The Balaban J connectivity index is 2.35. The second-order valence-electron chi connectivity index (χ2n) is 5.77. The van der Waals surface area contributed by atoms with Crippen LogP contribution in [-0.2, 0) is 12.0 Å². The summed E-state index contributed by atoms with van der Waals surface area (Å²) in [6.07, 6.45) is -0.883. The molecule has 2 nitrogen and oxygen atoms in total. The van der Waals surface area contributed by atoms with Crippen LogP contribution in [0.4, 0.5) is 8.78 Å². The van der Waals surface area contributed by atoms with E-state index in [0.717, 1.165) is 24.2 Å². The first-order valence-corrected chi connectivity index (χ1v) is 6.12. The third kappa shape index (κ3) is 2.34. The molecule has 1 aliphatic heterocycles. The molecule has 0 aromatic heterocycles. The molecular formula is C14H19F2NO. The van der Waals surface area contributed by atoms with Gasteiger partial charge in [-0.15, -0.1) is 0 Å². The highest BCUT2D eigenvalue weighted by molar-refractivity contribution is 5.41. The zero-order valence-corrected chi connectivity index (χ0v) is 11.0. The van der Waals surface area contributed by atoms with E-state index in [4.69, 9.17) is 10.5 Å². The Bertz CT molecular complexity index is 455. The zero-order chi connectivity index (χ0) is 13.6. The lowest BCUT2D eigenvalue weighted by atomic mass is 9.88. The fourth-order valence-corrected chi connectivity index (χ4v) is 2.12. The van der Waals surface area contributed by atoms with E-state index in [9.17, 15) is 8.78 Å². The molecule has 0 bridgehead atoms. The van der Waals surface area contributed by atoms with Crippen LogP contribution in [0.15, 0.2) is 18.2 Å². The van der Waals surface area contributed by atoms with E-state index in [1.165, 1.54) is 6.92 Å². The van der Waals surface area contributed by atoms with Crippen molar-refractivity contribution in [3.8, 4) is 5.75 Å². The molecule has 1 heterocycles. The predicted molar refractivity (Wildman–Crippen MR) is 67.0 cm³/mol. The average Bonchev–Trinajstić information content (AvgIpc) is 2.26. The summed E-state index contributed by atoms with van der Waals surface area (Å²) in [6.45, 7) is 5.40. The number of alkyl halides is 2. The molecule has 0 radical (unpaired) electrons. The fraction of sp³-hybridized carbons (Fsp3) is 0.571. The van der Waals surface area contributed by atoms with Gasteiger partial charge < -0.3 is 10.5 Å². The number of ether oxygens (including phenoxy) is 1. The number of aryl methyl sites for hydroxylation is 1. The van der Waals surface area contributed by atoms with Gasteiger partial charge in [0.25, 0.3) is 6.43 Å². The second-order valence-corrected chi connectivity index (χ2v) is 5.77. The number of hydrogen-bond acceptors (Lipinski definition) is 2. The number of halogens is 2. The molecule has 100 valence electrons. The number of benzene rings is 1. The van der Waals surface area contributed by atoms with Crippen LogP contribution in [0.1, 0.15) is 38.3 Å². The molecule has 1 atom stereocenters. The van der Waals surface area contributed by atoms with Crippen molar-refractivity contribution in [1.82, 2.24) is 0 Å². The minimum absolute atomic E-state index is 0.191.